The molecule has 0 saturated carbocycles. The lowest BCUT2D eigenvalue weighted by Crippen LogP contribution is -2.62. The zero-order valence-electron chi connectivity index (χ0n) is 42.6. The predicted molar refractivity (Wildman–Crippen MR) is 292 cm³/mol. The van der Waals surface area contributed by atoms with Crippen LogP contribution in [0.3, 0.4) is 0 Å². The highest BCUT2D eigenvalue weighted by Gasteiger charge is 2.49. The van der Waals surface area contributed by atoms with Gasteiger partial charge in [-0.1, -0.05) is 173 Å². The number of hydrogen-bond donors (Lipinski definition) is 0. The zero-order chi connectivity index (χ0) is 47.3. The Balaban J connectivity index is 1.32. The molecule has 0 atom stereocenters. The van der Waals surface area contributed by atoms with Crippen LogP contribution < -0.4 is 26.2 Å². The smallest absolute Gasteiger partial charge is 0.252 e. The van der Waals surface area contributed by atoms with Gasteiger partial charge in [0.05, 0.1) is 5.69 Å². The Kier molecular flexibility index (Phi) is 9.54. The van der Waals surface area contributed by atoms with Crippen LogP contribution in [0, 0.1) is 6.92 Å². The molecule has 2 aliphatic carbocycles. The number of hydrogen-bond acceptors (Lipinski definition) is 2. The molecule has 7 aromatic carbocycles. The number of nitrogens with zero attached hydrogens (tertiary/aromatic N) is 2. The molecule has 0 amide bonds. The maximum absolute atomic E-state index is 4.70. The molecule has 0 bridgehead atoms. The molecule has 0 radical (unpaired) electrons. The fraction of sp³-hybridized carbons (Fsp3) is 0.344. The molecule has 0 saturated heterocycles. The van der Waals surface area contributed by atoms with Gasteiger partial charge in [0.2, 0.25) is 0 Å². The second-order valence-corrected chi connectivity index (χ2v) is 24.6. The molecule has 11 rings (SSSR count). The van der Waals surface area contributed by atoms with Crippen LogP contribution >= 0.6 is 0 Å². The zero-order valence-corrected chi connectivity index (χ0v) is 42.6. The quantitative estimate of drug-likeness (QED) is 0.163. The number of anilines is 6. The molecule has 0 spiro atoms. The predicted octanol–water partition coefficient (Wildman–Crippen LogP) is 15.9. The van der Waals surface area contributed by atoms with E-state index in [0.29, 0.717) is 0 Å². The molecular formula is C64H69BN2. The van der Waals surface area contributed by atoms with Crippen molar-refractivity contribution in [3.8, 4) is 11.1 Å². The average Bonchev–Trinajstić information content (AvgIpc) is 3.28. The minimum Gasteiger partial charge on any atom is -0.311 e. The SMILES string of the molecule is C=C(C)c1cc2c3c(c1)N(c1ccc(C(C)(C)C)cc1-c1ccccc1)c1c(ccc4ccc(C)cc14)B3c1ccc3c(c1N2c1ccc2c(c1)C(C)(C)CCC2(C)C)C(C)(C)CCC3(C)C. The van der Waals surface area contributed by atoms with Gasteiger partial charge in [0.15, 0.2) is 0 Å². The Morgan fingerprint density at radius 3 is 1.85 bits per heavy atom. The van der Waals surface area contributed by atoms with Crippen LogP contribution in [-0.4, -0.2) is 6.71 Å². The van der Waals surface area contributed by atoms with Crippen LogP contribution in [0.5, 0.6) is 0 Å². The first kappa shape index (κ1) is 43.8. The highest BCUT2D eigenvalue weighted by molar-refractivity contribution is 7.00. The fourth-order valence-electron chi connectivity index (χ4n) is 12.7. The van der Waals surface area contributed by atoms with Crippen molar-refractivity contribution in [2.24, 2.45) is 0 Å². The summed E-state index contributed by atoms with van der Waals surface area (Å²) in [5, 5.41) is 2.54. The van der Waals surface area contributed by atoms with Gasteiger partial charge >= 0.3 is 0 Å². The van der Waals surface area contributed by atoms with Crippen molar-refractivity contribution in [1.29, 1.82) is 0 Å². The van der Waals surface area contributed by atoms with Gasteiger partial charge in [-0.05, 0) is 170 Å². The van der Waals surface area contributed by atoms with Gasteiger partial charge in [0.1, 0.15) is 0 Å². The Morgan fingerprint density at radius 1 is 0.567 bits per heavy atom. The molecule has 7 aromatic rings. The van der Waals surface area contributed by atoms with Crippen molar-refractivity contribution in [1.82, 2.24) is 0 Å². The second kappa shape index (κ2) is 14.6. The van der Waals surface area contributed by atoms with E-state index in [1.807, 2.05) is 0 Å². The third-order valence-corrected chi connectivity index (χ3v) is 16.9. The van der Waals surface area contributed by atoms with Crippen molar-refractivity contribution in [2.45, 2.75) is 143 Å². The van der Waals surface area contributed by atoms with Gasteiger partial charge < -0.3 is 9.80 Å². The normalized spacial score (nSPS) is 18.1. The summed E-state index contributed by atoms with van der Waals surface area (Å²) in [6.45, 7) is 36.0. The summed E-state index contributed by atoms with van der Waals surface area (Å²) in [4.78, 5) is 5.41. The molecule has 3 heteroatoms. The van der Waals surface area contributed by atoms with Gasteiger partial charge in [-0.15, -0.1) is 0 Å². The van der Waals surface area contributed by atoms with E-state index in [2.05, 4.69) is 221 Å². The summed E-state index contributed by atoms with van der Waals surface area (Å²) in [5.74, 6) is 0. The summed E-state index contributed by atoms with van der Waals surface area (Å²) in [7, 11) is 0. The topological polar surface area (TPSA) is 6.48 Å². The molecule has 0 unspecified atom stereocenters. The molecule has 0 aromatic heterocycles. The number of benzene rings is 7. The molecule has 4 aliphatic rings. The van der Waals surface area contributed by atoms with E-state index in [4.69, 9.17) is 6.58 Å². The van der Waals surface area contributed by atoms with Crippen molar-refractivity contribution < 1.29 is 0 Å². The van der Waals surface area contributed by atoms with E-state index in [-0.39, 0.29) is 33.8 Å². The van der Waals surface area contributed by atoms with Gasteiger partial charge in [0.25, 0.3) is 6.71 Å². The lowest BCUT2D eigenvalue weighted by atomic mass is 9.32. The molecule has 0 fully saturated rings. The van der Waals surface area contributed by atoms with Crippen molar-refractivity contribution >= 4 is 73.6 Å². The van der Waals surface area contributed by atoms with E-state index in [1.54, 1.807) is 0 Å². The third kappa shape index (κ3) is 6.64. The van der Waals surface area contributed by atoms with E-state index < -0.39 is 0 Å². The number of rotatable bonds is 4. The average molecular weight is 877 g/mol. The van der Waals surface area contributed by atoms with Gasteiger partial charge in [-0.25, -0.2) is 0 Å². The minimum atomic E-state index is -0.0420. The standard InChI is InChI=1S/C64H69BN2/c1-39(2)43-35-54-57-55(36-43)67(53-29-23-44(60(4,5)6)37-46(53)41-18-16-15-17-19-41)58-47-34-40(3)20-21-42(47)22-27-51(58)65(57)52-28-26-49-56(64(13,14)33-32-62(49,9)10)59(52)66(54)45-24-25-48-50(38-45)63(11,12)31-30-61(48,7)8/h15-29,34-38H,1,30-33H2,2-14H3. The van der Waals surface area contributed by atoms with Crippen molar-refractivity contribution in [3.05, 3.63) is 167 Å². The summed E-state index contributed by atoms with van der Waals surface area (Å²) in [5.41, 5.74) is 25.1. The number of fused-ring (bicyclic) bond motifs is 9. The van der Waals surface area contributed by atoms with Gasteiger partial charge in [-0.2, -0.15) is 0 Å². The first-order valence-electron chi connectivity index (χ1n) is 25.1. The largest absolute Gasteiger partial charge is 0.311 e. The molecule has 67 heavy (non-hydrogen) atoms. The molecular weight excluding hydrogens is 808 g/mol. The van der Waals surface area contributed by atoms with Crippen LogP contribution in [0.25, 0.3) is 27.5 Å². The fourth-order valence-corrected chi connectivity index (χ4v) is 12.7. The summed E-state index contributed by atoms with van der Waals surface area (Å²) < 4.78 is 0. The Bertz CT molecular complexity index is 3230. The summed E-state index contributed by atoms with van der Waals surface area (Å²) >= 11 is 0. The molecule has 0 N–H and O–H groups in total. The number of allylic oxidation sites excluding steroid dienone is 1. The molecule has 338 valence electrons. The van der Waals surface area contributed by atoms with Gasteiger partial charge in [0, 0.05) is 39.4 Å². The van der Waals surface area contributed by atoms with E-state index in [0.717, 1.165) is 12.0 Å². The highest BCUT2D eigenvalue weighted by Crippen LogP contribution is 2.56. The van der Waals surface area contributed by atoms with E-state index >= 15 is 0 Å². The van der Waals surface area contributed by atoms with Crippen LogP contribution in [0.2, 0.25) is 0 Å². The van der Waals surface area contributed by atoms with Crippen LogP contribution in [0.1, 0.15) is 148 Å². The Labute approximate surface area is 402 Å². The monoisotopic (exact) mass is 877 g/mol. The van der Waals surface area contributed by atoms with E-state index in [1.165, 1.54) is 131 Å². The van der Waals surface area contributed by atoms with Crippen molar-refractivity contribution in [3.63, 3.8) is 0 Å². The Hall–Kier alpha value is -5.80. The van der Waals surface area contributed by atoms with Crippen molar-refractivity contribution in [2.75, 3.05) is 9.80 Å². The lowest BCUT2D eigenvalue weighted by Gasteiger charge is -2.50. The highest BCUT2D eigenvalue weighted by atomic mass is 15.2. The molecule has 2 heterocycles. The molecule has 2 aliphatic heterocycles. The lowest BCUT2D eigenvalue weighted by molar-refractivity contribution is 0.331. The molecule has 2 nitrogen and oxygen atoms in total. The number of aryl methyl sites for hydroxylation is 1. The third-order valence-electron chi connectivity index (χ3n) is 16.9. The maximum atomic E-state index is 4.70. The maximum Gasteiger partial charge on any atom is 0.252 e. The van der Waals surface area contributed by atoms with Crippen LogP contribution in [0.4, 0.5) is 34.1 Å². The first-order chi connectivity index (χ1) is 31.6. The van der Waals surface area contributed by atoms with E-state index in [9.17, 15) is 0 Å². The summed E-state index contributed by atoms with van der Waals surface area (Å²) in [6, 6.07) is 47.9. The summed E-state index contributed by atoms with van der Waals surface area (Å²) in [6.07, 6.45) is 4.66. The van der Waals surface area contributed by atoms with Crippen LogP contribution in [-0.2, 0) is 27.1 Å². The Morgan fingerprint density at radius 2 is 1.16 bits per heavy atom. The van der Waals surface area contributed by atoms with Gasteiger partial charge in [-0.3, -0.25) is 0 Å². The second-order valence-electron chi connectivity index (χ2n) is 24.6. The van der Waals surface area contributed by atoms with Crippen LogP contribution in [0.15, 0.2) is 128 Å². The first-order valence-corrected chi connectivity index (χ1v) is 25.1. The minimum absolute atomic E-state index is 0.000234.